The van der Waals surface area contributed by atoms with Crippen LogP contribution in [-0.4, -0.2) is 87.0 Å². The summed E-state index contributed by atoms with van der Waals surface area (Å²) in [5.41, 5.74) is 1.63. The molecule has 1 fully saturated rings. The number of carbonyl (C=O) groups is 4. The molecule has 0 bridgehead atoms. The number of amides is 6. The third kappa shape index (κ3) is 12.9. The van der Waals surface area contributed by atoms with Crippen LogP contribution >= 0.6 is 0 Å². The van der Waals surface area contributed by atoms with Gasteiger partial charge in [0.1, 0.15) is 13.2 Å². The van der Waals surface area contributed by atoms with Crippen molar-refractivity contribution in [2.45, 2.75) is 59.2 Å². The minimum atomic E-state index is -0.552. The molecule has 1 aliphatic carbocycles. The molecule has 2 atom stereocenters. The lowest BCUT2D eigenvalue weighted by Gasteiger charge is -2.46. The smallest absolute Gasteiger partial charge is 0.407 e. The van der Waals surface area contributed by atoms with Crippen LogP contribution in [0.2, 0.25) is 0 Å². The highest BCUT2D eigenvalue weighted by Gasteiger charge is 2.42. The topological polar surface area (TPSA) is 141 Å². The van der Waals surface area contributed by atoms with E-state index in [1.165, 1.54) is 9.80 Å². The summed E-state index contributed by atoms with van der Waals surface area (Å²) in [5.74, 6) is 0. The minimum Gasteiger partial charge on any atom is -0.448 e. The Morgan fingerprint density at radius 3 is 1.70 bits per heavy atom. The molecule has 2 aromatic carbocycles. The van der Waals surface area contributed by atoms with Gasteiger partial charge in [0.2, 0.25) is 0 Å². The Balaban J connectivity index is 1.34. The standard InChI is InChI=1S/C34H50N6O6/c1-33(2)20-28(38-32(44)46-19-17-40(5)30(42)36-23-27-14-10-7-11-15-27)21-34(3,24-33)25-37-31(43)45-18-16-39(4)29(41)35-22-26-12-8-6-9-13-26/h6-15,28H,16-25H2,1-5H3,(H,35,41)(H,36,42)(H,37,43)(H,38,44). The maximum atomic E-state index is 12.6. The van der Waals surface area contributed by atoms with Gasteiger partial charge >= 0.3 is 24.2 Å². The molecule has 12 nitrogen and oxygen atoms in total. The van der Waals surface area contributed by atoms with Crippen molar-refractivity contribution in [3.63, 3.8) is 0 Å². The Bertz CT molecular complexity index is 1280. The molecular formula is C34H50N6O6. The fraction of sp³-hybridized carbons (Fsp3) is 0.529. The Kier molecular flexibility index (Phi) is 13.5. The molecule has 0 aromatic heterocycles. The van der Waals surface area contributed by atoms with E-state index in [-0.39, 0.29) is 55.2 Å². The fourth-order valence-corrected chi connectivity index (χ4v) is 5.99. The largest absolute Gasteiger partial charge is 0.448 e. The number of benzene rings is 2. The predicted molar refractivity (Wildman–Crippen MR) is 176 cm³/mol. The van der Waals surface area contributed by atoms with Gasteiger partial charge in [0.15, 0.2) is 0 Å². The third-order valence-corrected chi connectivity index (χ3v) is 8.01. The first-order valence-electron chi connectivity index (χ1n) is 15.7. The number of carbonyl (C=O) groups excluding carboxylic acids is 4. The Labute approximate surface area is 272 Å². The van der Waals surface area contributed by atoms with Crippen molar-refractivity contribution >= 4 is 24.2 Å². The molecule has 2 aromatic rings. The van der Waals surface area contributed by atoms with Crippen molar-refractivity contribution in [1.29, 1.82) is 0 Å². The van der Waals surface area contributed by atoms with Crippen molar-refractivity contribution in [3.8, 4) is 0 Å². The lowest BCUT2D eigenvalue weighted by molar-refractivity contribution is 0.0613. The third-order valence-electron chi connectivity index (χ3n) is 8.01. The maximum Gasteiger partial charge on any atom is 0.407 e. The molecule has 2 unspecified atom stereocenters. The van der Waals surface area contributed by atoms with E-state index < -0.39 is 12.2 Å². The van der Waals surface area contributed by atoms with E-state index in [9.17, 15) is 19.2 Å². The number of urea groups is 2. The lowest BCUT2D eigenvalue weighted by Crippen LogP contribution is -2.50. The molecule has 0 radical (unpaired) electrons. The van der Waals surface area contributed by atoms with Crippen LogP contribution in [0.5, 0.6) is 0 Å². The van der Waals surface area contributed by atoms with Gasteiger partial charge in [-0.1, -0.05) is 81.4 Å². The number of alkyl carbamates (subject to hydrolysis) is 2. The molecule has 1 saturated carbocycles. The molecule has 1 aliphatic rings. The summed E-state index contributed by atoms with van der Waals surface area (Å²) in [6.45, 7) is 8.20. The summed E-state index contributed by atoms with van der Waals surface area (Å²) in [6.07, 6.45) is 1.18. The lowest BCUT2D eigenvalue weighted by atomic mass is 9.62. The molecule has 252 valence electrons. The second-order valence-electron chi connectivity index (χ2n) is 13.2. The van der Waals surface area contributed by atoms with Crippen molar-refractivity contribution < 1.29 is 28.7 Å². The first-order valence-corrected chi connectivity index (χ1v) is 15.7. The minimum absolute atomic E-state index is 0.0587. The van der Waals surface area contributed by atoms with Gasteiger partial charge in [-0.2, -0.15) is 0 Å². The van der Waals surface area contributed by atoms with E-state index >= 15 is 0 Å². The van der Waals surface area contributed by atoms with E-state index in [1.807, 2.05) is 60.7 Å². The van der Waals surface area contributed by atoms with Crippen LogP contribution in [0.3, 0.4) is 0 Å². The van der Waals surface area contributed by atoms with Crippen LogP contribution in [0.4, 0.5) is 19.2 Å². The van der Waals surface area contributed by atoms with Crippen molar-refractivity contribution in [1.82, 2.24) is 31.1 Å². The van der Waals surface area contributed by atoms with Crippen LogP contribution in [0, 0.1) is 10.8 Å². The maximum absolute atomic E-state index is 12.6. The molecule has 12 heteroatoms. The molecule has 3 rings (SSSR count). The highest BCUT2D eigenvalue weighted by molar-refractivity contribution is 5.74. The molecule has 4 N–H and O–H groups in total. The second kappa shape index (κ2) is 17.3. The van der Waals surface area contributed by atoms with E-state index in [4.69, 9.17) is 9.47 Å². The van der Waals surface area contributed by atoms with Crippen LogP contribution in [0.25, 0.3) is 0 Å². The predicted octanol–water partition coefficient (Wildman–Crippen LogP) is 4.71. The normalized spacial score (nSPS) is 18.4. The quantitative estimate of drug-likeness (QED) is 0.251. The molecular weight excluding hydrogens is 588 g/mol. The number of hydrogen-bond acceptors (Lipinski definition) is 6. The zero-order chi connectivity index (χ0) is 33.6. The average Bonchev–Trinajstić information content (AvgIpc) is 3.01. The summed E-state index contributed by atoms with van der Waals surface area (Å²) in [7, 11) is 3.30. The average molecular weight is 639 g/mol. The van der Waals surface area contributed by atoms with Crippen molar-refractivity contribution in [3.05, 3.63) is 71.8 Å². The second-order valence-corrected chi connectivity index (χ2v) is 13.2. The molecule has 0 spiro atoms. The Morgan fingerprint density at radius 1 is 0.717 bits per heavy atom. The van der Waals surface area contributed by atoms with Crippen LogP contribution in [0.15, 0.2) is 60.7 Å². The Hall–Kier alpha value is -4.48. The van der Waals surface area contributed by atoms with Gasteiger partial charge in [-0.05, 0) is 41.2 Å². The van der Waals surface area contributed by atoms with Gasteiger partial charge < -0.3 is 40.5 Å². The number of likely N-dealkylation sites (N-methyl/N-ethyl adjacent to an activating group) is 2. The van der Waals surface area contributed by atoms with E-state index in [1.54, 1.807) is 14.1 Å². The Morgan fingerprint density at radius 2 is 1.20 bits per heavy atom. The van der Waals surface area contributed by atoms with Gasteiger partial charge in [0, 0.05) is 39.8 Å². The molecule has 6 amide bonds. The summed E-state index contributed by atoms with van der Waals surface area (Å²) in [5, 5.41) is 11.5. The monoisotopic (exact) mass is 638 g/mol. The van der Waals surface area contributed by atoms with Gasteiger partial charge in [0.05, 0.1) is 13.1 Å². The van der Waals surface area contributed by atoms with Crippen molar-refractivity contribution in [2.24, 2.45) is 10.8 Å². The zero-order valence-electron chi connectivity index (χ0n) is 27.8. The SMILES string of the molecule is CN(CCOC(=O)NCC1(C)CC(NC(=O)OCCN(C)C(=O)NCc2ccccc2)CC(C)(C)C1)C(=O)NCc1ccccc1. The summed E-state index contributed by atoms with van der Waals surface area (Å²) < 4.78 is 10.7. The highest BCUT2D eigenvalue weighted by Crippen LogP contribution is 2.45. The number of ether oxygens (including phenoxy) is 2. The first kappa shape index (κ1) is 36.0. The number of nitrogens with one attached hydrogen (secondary N) is 4. The molecule has 46 heavy (non-hydrogen) atoms. The number of hydrogen-bond donors (Lipinski definition) is 4. The van der Waals surface area contributed by atoms with E-state index in [0.29, 0.717) is 26.1 Å². The molecule has 0 heterocycles. The van der Waals surface area contributed by atoms with Gasteiger partial charge in [-0.3, -0.25) is 0 Å². The van der Waals surface area contributed by atoms with Gasteiger partial charge in [0.25, 0.3) is 0 Å². The number of rotatable bonds is 13. The van der Waals surface area contributed by atoms with E-state index in [0.717, 1.165) is 24.0 Å². The molecule has 0 saturated heterocycles. The summed E-state index contributed by atoms with van der Waals surface area (Å²) >= 11 is 0. The van der Waals surface area contributed by atoms with E-state index in [2.05, 4.69) is 42.0 Å². The van der Waals surface area contributed by atoms with Gasteiger partial charge in [-0.25, -0.2) is 19.2 Å². The van der Waals surface area contributed by atoms with Gasteiger partial charge in [-0.15, -0.1) is 0 Å². The first-order chi connectivity index (χ1) is 21.8. The zero-order valence-corrected chi connectivity index (χ0v) is 27.8. The molecule has 0 aliphatic heterocycles. The van der Waals surface area contributed by atoms with Crippen LogP contribution in [-0.2, 0) is 22.6 Å². The van der Waals surface area contributed by atoms with Crippen molar-refractivity contribution in [2.75, 3.05) is 46.9 Å². The summed E-state index contributed by atoms with van der Waals surface area (Å²) in [4.78, 5) is 52.7. The van der Waals surface area contributed by atoms with Crippen LogP contribution < -0.4 is 21.3 Å². The number of nitrogens with zero attached hydrogens (tertiary/aromatic N) is 2. The summed E-state index contributed by atoms with van der Waals surface area (Å²) in [6, 6.07) is 18.6. The highest BCUT2D eigenvalue weighted by atomic mass is 16.6. The van der Waals surface area contributed by atoms with Crippen LogP contribution in [0.1, 0.15) is 51.2 Å². The fourth-order valence-electron chi connectivity index (χ4n) is 5.99.